The number of nitrogens with one attached hydrogen (secondary N) is 1. The summed E-state index contributed by atoms with van der Waals surface area (Å²) in [4.78, 5) is 26.1. The number of aryl methyl sites for hydroxylation is 1. The van der Waals surface area contributed by atoms with Gasteiger partial charge in [-0.05, 0) is 19.1 Å². The van der Waals surface area contributed by atoms with E-state index in [9.17, 15) is 9.18 Å². The average molecular weight is 534 g/mol. The van der Waals surface area contributed by atoms with E-state index >= 15 is 0 Å². The van der Waals surface area contributed by atoms with Gasteiger partial charge in [-0.25, -0.2) is 9.07 Å². The molecular formula is C27H32FN9O2. The molecule has 0 radical (unpaired) electrons. The maximum atomic E-state index is 12.9. The minimum Gasteiger partial charge on any atom is -0.368 e. The Morgan fingerprint density at radius 1 is 1.10 bits per heavy atom. The lowest BCUT2D eigenvalue weighted by atomic mass is 9.93. The van der Waals surface area contributed by atoms with Crippen molar-refractivity contribution in [2.24, 2.45) is 0 Å². The number of hydrogen-bond donors (Lipinski definition) is 1. The molecule has 0 aromatic carbocycles. The zero-order valence-electron chi connectivity index (χ0n) is 22.6. The van der Waals surface area contributed by atoms with Crippen molar-refractivity contribution in [2.45, 2.75) is 33.1 Å². The molecule has 1 aliphatic rings. The third-order valence-electron chi connectivity index (χ3n) is 6.71. The number of pyridine rings is 2. The van der Waals surface area contributed by atoms with Gasteiger partial charge < -0.3 is 14.7 Å². The second-order valence-electron chi connectivity index (χ2n) is 10.6. The molecule has 1 N–H and O–H groups in total. The van der Waals surface area contributed by atoms with Crippen molar-refractivity contribution in [3.8, 4) is 16.9 Å². The van der Waals surface area contributed by atoms with Crippen molar-refractivity contribution in [1.82, 2.24) is 35.0 Å². The fraction of sp³-hybridized carbons (Fsp3) is 0.407. The predicted molar refractivity (Wildman–Crippen MR) is 145 cm³/mol. The number of anilines is 2. The Balaban J connectivity index is 1.32. The van der Waals surface area contributed by atoms with Gasteiger partial charge in [0.2, 0.25) is 0 Å². The lowest BCUT2D eigenvalue weighted by molar-refractivity contribution is 0.102. The first-order valence-corrected chi connectivity index (χ1v) is 12.9. The van der Waals surface area contributed by atoms with Gasteiger partial charge in [-0.3, -0.25) is 19.7 Å². The zero-order chi connectivity index (χ0) is 27.6. The highest BCUT2D eigenvalue weighted by Crippen LogP contribution is 2.26. The Kier molecular flexibility index (Phi) is 7.38. The summed E-state index contributed by atoms with van der Waals surface area (Å²) in [5.41, 5.74) is 3.91. The Morgan fingerprint density at radius 3 is 2.62 bits per heavy atom. The van der Waals surface area contributed by atoms with Crippen LogP contribution in [0.1, 0.15) is 42.6 Å². The van der Waals surface area contributed by atoms with Crippen molar-refractivity contribution >= 4 is 17.4 Å². The van der Waals surface area contributed by atoms with Gasteiger partial charge >= 0.3 is 0 Å². The molecule has 12 heteroatoms. The number of halogens is 1. The Hall–Kier alpha value is -4.19. The number of hydrogen-bond acceptors (Lipinski definition) is 9. The van der Waals surface area contributed by atoms with E-state index in [0.717, 1.165) is 37.4 Å². The highest BCUT2D eigenvalue weighted by molar-refractivity contribution is 6.03. The highest BCUT2D eigenvalue weighted by Gasteiger charge is 2.22. The standard InChI is InChI=1S/C27H32FN9O2/c1-18-23(12-20(15-30-18)26(38)31-25-13-24(39-33-25)27(2,3)4)37-17-22(32-34-37)19-11-21(16-29-14-19)36-9-7-35(6-5-28)8-10-36/h11-17H,5-10H2,1-4H3,(H,31,33,38). The van der Waals surface area contributed by atoms with Gasteiger partial charge in [-0.2, -0.15) is 0 Å². The van der Waals surface area contributed by atoms with E-state index in [4.69, 9.17) is 4.52 Å². The maximum Gasteiger partial charge on any atom is 0.258 e. The minimum absolute atomic E-state index is 0.223. The van der Waals surface area contributed by atoms with E-state index in [0.29, 0.717) is 40.8 Å². The molecule has 0 atom stereocenters. The summed E-state index contributed by atoms with van der Waals surface area (Å²) in [5.74, 6) is 0.654. The van der Waals surface area contributed by atoms with Crippen LogP contribution in [0.5, 0.6) is 0 Å². The van der Waals surface area contributed by atoms with Gasteiger partial charge in [-0.1, -0.05) is 31.1 Å². The van der Waals surface area contributed by atoms with E-state index in [1.807, 2.05) is 40.0 Å². The molecule has 11 nitrogen and oxygen atoms in total. The largest absolute Gasteiger partial charge is 0.368 e. The predicted octanol–water partition coefficient (Wildman–Crippen LogP) is 3.66. The molecule has 1 amide bonds. The summed E-state index contributed by atoms with van der Waals surface area (Å²) in [6.07, 6.45) is 6.88. The Morgan fingerprint density at radius 2 is 1.90 bits per heavy atom. The van der Waals surface area contributed by atoms with Crippen LogP contribution in [0.2, 0.25) is 0 Å². The van der Waals surface area contributed by atoms with Gasteiger partial charge in [0.25, 0.3) is 5.91 Å². The lowest BCUT2D eigenvalue weighted by Crippen LogP contribution is -2.47. The molecule has 5 heterocycles. The molecule has 4 aromatic heterocycles. The number of rotatable bonds is 7. The quantitative estimate of drug-likeness (QED) is 0.380. The number of amides is 1. The van der Waals surface area contributed by atoms with Crippen LogP contribution in [-0.4, -0.2) is 80.3 Å². The van der Waals surface area contributed by atoms with E-state index in [-0.39, 0.29) is 18.0 Å². The van der Waals surface area contributed by atoms with Crippen molar-refractivity contribution in [3.63, 3.8) is 0 Å². The van der Waals surface area contributed by atoms with Gasteiger partial charge in [-0.15, -0.1) is 5.10 Å². The van der Waals surface area contributed by atoms with E-state index in [1.54, 1.807) is 29.2 Å². The summed E-state index contributed by atoms with van der Waals surface area (Å²) < 4.78 is 19.6. The lowest BCUT2D eigenvalue weighted by Gasteiger charge is -2.35. The SMILES string of the molecule is Cc1ncc(C(=O)Nc2cc(C(C)(C)C)on2)cc1-n1cc(-c2cncc(N3CCN(CCF)CC3)c2)nn1. The molecule has 0 spiro atoms. The zero-order valence-corrected chi connectivity index (χ0v) is 22.6. The molecule has 39 heavy (non-hydrogen) atoms. The molecule has 5 rings (SSSR count). The van der Waals surface area contributed by atoms with Crippen molar-refractivity contribution in [1.29, 1.82) is 0 Å². The maximum absolute atomic E-state index is 12.9. The molecule has 0 aliphatic carbocycles. The number of piperazine rings is 1. The Labute approximate surface area is 226 Å². The molecule has 1 fully saturated rings. The van der Waals surface area contributed by atoms with Crippen LogP contribution in [0.25, 0.3) is 16.9 Å². The van der Waals surface area contributed by atoms with Crippen LogP contribution in [-0.2, 0) is 5.41 Å². The summed E-state index contributed by atoms with van der Waals surface area (Å²) >= 11 is 0. The molecule has 0 saturated carbocycles. The van der Waals surface area contributed by atoms with E-state index in [2.05, 4.69) is 40.6 Å². The summed E-state index contributed by atoms with van der Waals surface area (Å²) in [7, 11) is 0. The average Bonchev–Trinajstić information content (AvgIpc) is 3.60. The van der Waals surface area contributed by atoms with Gasteiger partial charge in [0.15, 0.2) is 5.82 Å². The Bertz CT molecular complexity index is 1450. The summed E-state index contributed by atoms with van der Waals surface area (Å²) in [6, 6.07) is 5.47. The fourth-order valence-corrected chi connectivity index (χ4v) is 4.36. The number of carbonyl (C=O) groups excluding carboxylic acids is 1. The molecule has 1 aliphatic heterocycles. The molecule has 204 valence electrons. The molecule has 0 bridgehead atoms. The van der Waals surface area contributed by atoms with Crippen LogP contribution < -0.4 is 10.2 Å². The third kappa shape index (κ3) is 5.95. The second kappa shape index (κ2) is 10.9. The van der Waals surface area contributed by atoms with Crippen LogP contribution in [0.4, 0.5) is 15.9 Å². The van der Waals surface area contributed by atoms with Crippen molar-refractivity contribution < 1.29 is 13.7 Å². The first-order valence-electron chi connectivity index (χ1n) is 12.9. The molecule has 1 saturated heterocycles. The number of alkyl halides is 1. The first-order chi connectivity index (χ1) is 18.7. The summed E-state index contributed by atoms with van der Waals surface area (Å²) in [6.45, 7) is 11.3. The smallest absolute Gasteiger partial charge is 0.258 e. The van der Waals surface area contributed by atoms with Gasteiger partial charge in [0.1, 0.15) is 18.1 Å². The first kappa shape index (κ1) is 26.4. The highest BCUT2D eigenvalue weighted by atomic mass is 19.1. The van der Waals surface area contributed by atoms with Crippen LogP contribution in [0, 0.1) is 6.92 Å². The van der Waals surface area contributed by atoms with E-state index < -0.39 is 0 Å². The monoisotopic (exact) mass is 533 g/mol. The fourth-order valence-electron chi connectivity index (χ4n) is 4.36. The number of nitrogens with zero attached hydrogens (tertiary/aromatic N) is 8. The van der Waals surface area contributed by atoms with Crippen LogP contribution in [0.15, 0.2) is 47.5 Å². The van der Waals surface area contributed by atoms with Crippen LogP contribution in [0.3, 0.4) is 0 Å². The molecular weight excluding hydrogens is 501 g/mol. The second-order valence-corrected chi connectivity index (χ2v) is 10.6. The van der Waals surface area contributed by atoms with Gasteiger partial charge in [0, 0.05) is 62.2 Å². The number of aromatic nitrogens is 6. The number of carbonyl (C=O) groups is 1. The van der Waals surface area contributed by atoms with E-state index in [1.165, 1.54) is 6.20 Å². The normalized spacial score (nSPS) is 14.5. The molecule has 4 aromatic rings. The van der Waals surface area contributed by atoms with Crippen molar-refractivity contribution in [3.05, 3.63) is 60.0 Å². The minimum atomic E-state index is -0.360. The third-order valence-corrected chi connectivity index (χ3v) is 6.71. The topological polar surface area (TPSA) is 118 Å². The van der Waals surface area contributed by atoms with Crippen molar-refractivity contribution in [2.75, 3.05) is 49.6 Å². The van der Waals surface area contributed by atoms with Crippen LogP contribution >= 0.6 is 0 Å². The summed E-state index contributed by atoms with van der Waals surface area (Å²) in [5, 5.41) is 15.4. The molecule has 0 unspecified atom stereocenters. The van der Waals surface area contributed by atoms with Gasteiger partial charge in [0.05, 0.1) is 35.0 Å².